The van der Waals surface area contributed by atoms with Gasteiger partial charge in [0, 0.05) is 21.8 Å². The SMILES string of the molecule is Brc1cccc(-c2ccnc(-c3ccccc3)n2)c1. The lowest BCUT2D eigenvalue weighted by Gasteiger charge is -2.04. The number of nitrogens with zero attached hydrogens (tertiary/aromatic N) is 2. The Morgan fingerprint density at radius 2 is 1.58 bits per heavy atom. The van der Waals surface area contributed by atoms with E-state index in [1.807, 2.05) is 54.6 Å². The van der Waals surface area contributed by atoms with E-state index >= 15 is 0 Å². The first-order valence-corrected chi connectivity index (χ1v) is 6.77. The Labute approximate surface area is 120 Å². The highest BCUT2D eigenvalue weighted by Crippen LogP contribution is 2.23. The lowest BCUT2D eigenvalue weighted by molar-refractivity contribution is 1.18. The molecule has 0 saturated heterocycles. The van der Waals surface area contributed by atoms with Crippen LogP contribution in [0.15, 0.2) is 71.3 Å². The fraction of sp³-hybridized carbons (Fsp3) is 0. The van der Waals surface area contributed by atoms with E-state index in [4.69, 9.17) is 0 Å². The Bertz CT molecular complexity index is 696. The summed E-state index contributed by atoms with van der Waals surface area (Å²) < 4.78 is 1.05. The number of halogens is 1. The quantitative estimate of drug-likeness (QED) is 0.692. The lowest BCUT2D eigenvalue weighted by atomic mass is 10.1. The van der Waals surface area contributed by atoms with Crippen molar-refractivity contribution in [3.63, 3.8) is 0 Å². The normalized spacial score (nSPS) is 10.4. The summed E-state index contributed by atoms with van der Waals surface area (Å²) in [5, 5.41) is 0. The molecule has 19 heavy (non-hydrogen) atoms. The van der Waals surface area contributed by atoms with Crippen LogP contribution in [0.3, 0.4) is 0 Å². The summed E-state index contributed by atoms with van der Waals surface area (Å²) in [6.45, 7) is 0. The molecule has 0 aliphatic carbocycles. The second-order valence-corrected chi connectivity index (χ2v) is 5.06. The Morgan fingerprint density at radius 3 is 2.37 bits per heavy atom. The van der Waals surface area contributed by atoms with Gasteiger partial charge in [-0.3, -0.25) is 0 Å². The largest absolute Gasteiger partial charge is 0.237 e. The van der Waals surface area contributed by atoms with E-state index in [0.717, 1.165) is 27.1 Å². The van der Waals surface area contributed by atoms with Gasteiger partial charge < -0.3 is 0 Å². The van der Waals surface area contributed by atoms with Gasteiger partial charge in [-0.05, 0) is 18.2 Å². The molecule has 2 nitrogen and oxygen atoms in total. The summed E-state index contributed by atoms with van der Waals surface area (Å²) in [6.07, 6.45) is 1.80. The molecule has 0 amide bonds. The van der Waals surface area contributed by atoms with Gasteiger partial charge in [0.2, 0.25) is 0 Å². The standard InChI is InChI=1S/C16H11BrN2/c17-14-8-4-7-13(11-14)15-9-10-18-16(19-15)12-5-2-1-3-6-12/h1-11H. The fourth-order valence-electron chi connectivity index (χ4n) is 1.89. The van der Waals surface area contributed by atoms with Gasteiger partial charge in [0.05, 0.1) is 5.69 Å². The van der Waals surface area contributed by atoms with Crippen LogP contribution < -0.4 is 0 Å². The van der Waals surface area contributed by atoms with Crippen LogP contribution in [0.25, 0.3) is 22.6 Å². The Hall–Kier alpha value is -2.00. The molecule has 1 heterocycles. The second-order valence-electron chi connectivity index (χ2n) is 4.14. The first-order valence-electron chi connectivity index (χ1n) is 5.97. The van der Waals surface area contributed by atoms with Crippen molar-refractivity contribution < 1.29 is 0 Å². The number of hydrogen-bond acceptors (Lipinski definition) is 2. The van der Waals surface area contributed by atoms with Gasteiger partial charge in [0.15, 0.2) is 5.82 Å². The number of benzene rings is 2. The van der Waals surface area contributed by atoms with Crippen LogP contribution in [0.4, 0.5) is 0 Å². The zero-order valence-electron chi connectivity index (χ0n) is 10.1. The van der Waals surface area contributed by atoms with E-state index in [1.165, 1.54) is 0 Å². The smallest absolute Gasteiger partial charge is 0.159 e. The van der Waals surface area contributed by atoms with Gasteiger partial charge >= 0.3 is 0 Å². The van der Waals surface area contributed by atoms with Crippen molar-refractivity contribution in [3.8, 4) is 22.6 Å². The maximum atomic E-state index is 4.62. The molecule has 3 aromatic rings. The van der Waals surface area contributed by atoms with E-state index in [2.05, 4.69) is 32.0 Å². The predicted molar refractivity (Wildman–Crippen MR) is 80.6 cm³/mol. The van der Waals surface area contributed by atoms with Crippen molar-refractivity contribution in [1.29, 1.82) is 0 Å². The summed E-state index contributed by atoms with van der Waals surface area (Å²) >= 11 is 3.48. The third kappa shape index (κ3) is 2.71. The second kappa shape index (κ2) is 5.33. The maximum absolute atomic E-state index is 4.62. The average Bonchev–Trinajstić information content (AvgIpc) is 2.48. The van der Waals surface area contributed by atoms with Crippen LogP contribution >= 0.6 is 15.9 Å². The van der Waals surface area contributed by atoms with E-state index < -0.39 is 0 Å². The summed E-state index contributed by atoms with van der Waals surface area (Å²) in [7, 11) is 0. The summed E-state index contributed by atoms with van der Waals surface area (Å²) in [4.78, 5) is 8.96. The average molecular weight is 311 g/mol. The van der Waals surface area contributed by atoms with Crippen LogP contribution in [-0.4, -0.2) is 9.97 Å². The fourth-order valence-corrected chi connectivity index (χ4v) is 2.29. The van der Waals surface area contributed by atoms with E-state index in [1.54, 1.807) is 6.20 Å². The highest BCUT2D eigenvalue weighted by Gasteiger charge is 2.04. The molecule has 0 aliphatic heterocycles. The highest BCUT2D eigenvalue weighted by atomic mass is 79.9. The summed E-state index contributed by atoms with van der Waals surface area (Å²) in [6, 6.07) is 20.0. The molecular weight excluding hydrogens is 300 g/mol. The molecule has 92 valence electrons. The van der Waals surface area contributed by atoms with Crippen LogP contribution in [-0.2, 0) is 0 Å². The van der Waals surface area contributed by atoms with Gasteiger partial charge in [-0.1, -0.05) is 58.4 Å². The molecule has 1 aromatic heterocycles. The third-order valence-electron chi connectivity index (χ3n) is 2.81. The van der Waals surface area contributed by atoms with Crippen LogP contribution in [0.5, 0.6) is 0 Å². The van der Waals surface area contributed by atoms with Crippen molar-refractivity contribution in [3.05, 3.63) is 71.3 Å². The molecule has 0 unspecified atom stereocenters. The Morgan fingerprint density at radius 1 is 0.789 bits per heavy atom. The van der Waals surface area contributed by atoms with E-state index in [-0.39, 0.29) is 0 Å². The van der Waals surface area contributed by atoms with Crippen molar-refractivity contribution in [1.82, 2.24) is 9.97 Å². The van der Waals surface area contributed by atoms with E-state index in [9.17, 15) is 0 Å². The molecule has 0 N–H and O–H groups in total. The van der Waals surface area contributed by atoms with E-state index in [0.29, 0.717) is 0 Å². The van der Waals surface area contributed by atoms with Crippen molar-refractivity contribution >= 4 is 15.9 Å². The first-order chi connectivity index (χ1) is 9.33. The number of aromatic nitrogens is 2. The molecular formula is C16H11BrN2. The van der Waals surface area contributed by atoms with Gasteiger partial charge in [-0.15, -0.1) is 0 Å². The molecule has 0 bridgehead atoms. The molecule has 0 radical (unpaired) electrons. The summed E-state index contributed by atoms with van der Waals surface area (Å²) in [5.74, 6) is 0.748. The maximum Gasteiger partial charge on any atom is 0.159 e. The van der Waals surface area contributed by atoms with Gasteiger partial charge in [0.25, 0.3) is 0 Å². The molecule has 2 aromatic carbocycles. The summed E-state index contributed by atoms with van der Waals surface area (Å²) in [5.41, 5.74) is 3.03. The number of rotatable bonds is 2. The molecule has 0 spiro atoms. The monoisotopic (exact) mass is 310 g/mol. The predicted octanol–water partition coefficient (Wildman–Crippen LogP) is 4.57. The topological polar surface area (TPSA) is 25.8 Å². The molecule has 3 heteroatoms. The molecule has 3 rings (SSSR count). The minimum atomic E-state index is 0.748. The Kier molecular flexibility index (Phi) is 3.38. The van der Waals surface area contributed by atoms with Gasteiger partial charge in [0.1, 0.15) is 0 Å². The molecule has 0 fully saturated rings. The van der Waals surface area contributed by atoms with Gasteiger partial charge in [-0.25, -0.2) is 9.97 Å². The molecule has 0 atom stereocenters. The zero-order chi connectivity index (χ0) is 13.1. The number of hydrogen-bond donors (Lipinski definition) is 0. The molecule has 0 aliphatic rings. The molecule has 0 saturated carbocycles. The highest BCUT2D eigenvalue weighted by molar-refractivity contribution is 9.10. The van der Waals surface area contributed by atoms with Crippen LogP contribution in [0, 0.1) is 0 Å². The lowest BCUT2D eigenvalue weighted by Crippen LogP contribution is -1.91. The minimum absolute atomic E-state index is 0.748. The zero-order valence-corrected chi connectivity index (χ0v) is 11.7. The minimum Gasteiger partial charge on any atom is -0.237 e. The first kappa shape index (κ1) is 12.1. The van der Waals surface area contributed by atoms with Crippen molar-refractivity contribution in [2.24, 2.45) is 0 Å². The van der Waals surface area contributed by atoms with Gasteiger partial charge in [-0.2, -0.15) is 0 Å². The third-order valence-corrected chi connectivity index (χ3v) is 3.30. The van der Waals surface area contributed by atoms with Crippen LogP contribution in [0.2, 0.25) is 0 Å². The van der Waals surface area contributed by atoms with Crippen LogP contribution in [0.1, 0.15) is 0 Å². The Balaban J connectivity index is 2.06. The van der Waals surface area contributed by atoms with Crippen molar-refractivity contribution in [2.75, 3.05) is 0 Å². The van der Waals surface area contributed by atoms with Crippen molar-refractivity contribution in [2.45, 2.75) is 0 Å².